The van der Waals surface area contributed by atoms with E-state index >= 15 is 0 Å². The van der Waals surface area contributed by atoms with Gasteiger partial charge in [0, 0.05) is 50.2 Å². The molecule has 0 spiro atoms. The molecular formula is C21H24F3N7O2. The van der Waals surface area contributed by atoms with E-state index in [0.29, 0.717) is 57.8 Å². The molecule has 3 heterocycles. The van der Waals surface area contributed by atoms with Crippen LogP contribution in [0.1, 0.15) is 36.8 Å². The fraction of sp³-hybridized carbons (Fsp3) is 0.571. The number of H-pyrrole nitrogens is 1. The van der Waals surface area contributed by atoms with E-state index in [0.717, 1.165) is 11.6 Å². The maximum atomic E-state index is 13.3. The number of nitrogens with one attached hydrogen (secondary N) is 2. The molecule has 4 fully saturated rings. The monoisotopic (exact) mass is 463 g/mol. The molecule has 2 bridgehead atoms. The lowest BCUT2D eigenvalue weighted by atomic mass is 9.64. The van der Waals surface area contributed by atoms with E-state index in [1.807, 2.05) is 16.9 Å². The first kappa shape index (κ1) is 21.7. The van der Waals surface area contributed by atoms with Gasteiger partial charge in [-0.05, 0) is 38.2 Å². The van der Waals surface area contributed by atoms with Crippen molar-refractivity contribution in [1.29, 1.82) is 0 Å². The lowest BCUT2D eigenvalue weighted by Crippen LogP contribution is -2.59. The Hall–Kier alpha value is -3.18. The van der Waals surface area contributed by atoms with Gasteiger partial charge in [0.15, 0.2) is 0 Å². The highest BCUT2D eigenvalue weighted by Crippen LogP contribution is 2.63. The highest BCUT2D eigenvalue weighted by Gasteiger charge is 2.65. The average molecular weight is 463 g/mol. The summed E-state index contributed by atoms with van der Waals surface area (Å²) in [5.41, 5.74) is -2.52. The fourth-order valence-electron chi connectivity index (χ4n) is 5.43. The molecule has 1 saturated heterocycles. The smallest absolute Gasteiger partial charge is 0.363 e. The number of hydrogen-bond acceptors (Lipinski definition) is 7. The van der Waals surface area contributed by atoms with Gasteiger partial charge in [-0.25, -0.2) is 15.1 Å². The number of carbonyl (C=O) groups is 1. The molecule has 0 radical (unpaired) electrons. The van der Waals surface area contributed by atoms with Crippen LogP contribution in [0.25, 0.3) is 0 Å². The van der Waals surface area contributed by atoms with Crippen molar-refractivity contribution in [3.8, 4) is 0 Å². The van der Waals surface area contributed by atoms with E-state index in [4.69, 9.17) is 0 Å². The second-order valence-electron chi connectivity index (χ2n) is 9.37. The number of halogens is 3. The molecule has 1 amide bonds. The molecule has 9 nitrogen and oxygen atoms in total. The quantitative estimate of drug-likeness (QED) is 0.714. The third-order valence-electron chi connectivity index (χ3n) is 7.01. The molecule has 2 aromatic heterocycles. The molecule has 4 aliphatic rings. The predicted molar refractivity (Wildman–Crippen MR) is 113 cm³/mol. The molecular weight excluding hydrogens is 439 g/mol. The number of aromatic amines is 1. The van der Waals surface area contributed by atoms with Gasteiger partial charge in [-0.2, -0.15) is 18.3 Å². The zero-order valence-corrected chi connectivity index (χ0v) is 18.1. The number of nitrogens with zero attached hydrogens (tertiary/aromatic N) is 5. The topological polar surface area (TPSA) is 107 Å². The maximum absolute atomic E-state index is 13.3. The summed E-state index contributed by atoms with van der Waals surface area (Å²) in [6, 6.07) is 0.736. The minimum Gasteiger partial charge on any atom is -0.363 e. The number of anilines is 2. The van der Waals surface area contributed by atoms with Gasteiger partial charge in [0.2, 0.25) is 11.9 Å². The van der Waals surface area contributed by atoms with Gasteiger partial charge < -0.3 is 15.1 Å². The Kier molecular flexibility index (Phi) is 4.87. The van der Waals surface area contributed by atoms with Crippen molar-refractivity contribution < 1.29 is 18.0 Å². The molecule has 2 N–H and O–H groups in total. The summed E-state index contributed by atoms with van der Waals surface area (Å²) in [6.07, 6.45) is 1.21. The van der Waals surface area contributed by atoms with Crippen LogP contribution in [0.3, 0.4) is 0 Å². The van der Waals surface area contributed by atoms with Crippen molar-refractivity contribution in [1.82, 2.24) is 25.1 Å². The highest BCUT2D eigenvalue weighted by molar-refractivity contribution is 5.86. The second kappa shape index (κ2) is 7.42. The number of aryl methyl sites for hydroxylation is 1. The first-order valence-corrected chi connectivity index (χ1v) is 10.9. The number of carbonyl (C=O) groups excluding carboxylic acids is 1. The van der Waals surface area contributed by atoms with Gasteiger partial charge in [0.25, 0.3) is 5.56 Å². The largest absolute Gasteiger partial charge is 0.421 e. The highest BCUT2D eigenvalue weighted by atomic mass is 19.4. The van der Waals surface area contributed by atoms with Crippen LogP contribution in [0.15, 0.2) is 23.3 Å². The Morgan fingerprint density at radius 2 is 1.79 bits per heavy atom. The standard InChI is InChI=1S/C21H24F3N7O2/c1-13-9-25-18(26-10-13)31-6-4-30(5-7-31)17(33)19-2-3-20(11-19,12-19)27-15-8-14(21(22,23)24)16(32)29-28-15/h8-10H,2-7,11-12H2,1H3,(H,27,28)(H,29,32)/t19-,20+. The van der Waals surface area contributed by atoms with E-state index in [1.54, 1.807) is 12.4 Å². The number of amides is 1. The first-order chi connectivity index (χ1) is 15.6. The number of rotatable bonds is 4. The minimum atomic E-state index is -4.76. The Morgan fingerprint density at radius 3 is 2.42 bits per heavy atom. The van der Waals surface area contributed by atoms with Crippen LogP contribution < -0.4 is 15.8 Å². The molecule has 12 heteroatoms. The fourth-order valence-corrected chi connectivity index (χ4v) is 5.43. The van der Waals surface area contributed by atoms with Crippen LogP contribution >= 0.6 is 0 Å². The van der Waals surface area contributed by atoms with E-state index < -0.39 is 28.3 Å². The first-order valence-electron chi connectivity index (χ1n) is 10.9. The summed E-state index contributed by atoms with van der Waals surface area (Å²) in [5.74, 6) is 0.731. The van der Waals surface area contributed by atoms with Gasteiger partial charge in [-0.15, -0.1) is 0 Å². The van der Waals surface area contributed by atoms with Crippen molar-refractivity contribution >= 4 is 17.7 Å². The zero-order valence-electron chi connectivity index (χ0n) is 18.1. The minimum absolute atomic E-state index is 0.0309. The van der Waals surface area contributed by atoms with Crippen LogP contribution in [0.5, 0.6) is 0 Å². The molecule has 3 aliphatic carbocycles. The maximum Gasteiger partial charge on any atom is 0.421 e. The molecule has 6 rings (SSSR count). The number of aromatic nitrogens is 4. The Morgan fingerprint density at radius 1 is 1.12 bits per heavy atom. The molecule has 0 unspecified atom stereocenters. The van der Waals surface area contributed by atoms with Crippen LogP contribution in [0.4, 0.5) is 24.9 Å². The van der Waals surface area contributed by atoms with Crippen molar-refractivity contribution in [3.05, 3.63) is 39.9 Å². The third kappa shape index (κ3) is 3.80. The van der Waals surface area contributed by atoms with Crippen molar-refractivity contribution in [2.24, 2.45) is 5.41 Å². The van der Waals surface area contributed by atoms with Crippen molar-refractivity contribution in [3.63, 3.8) is 0 Å². The Bertz CT molecular complexity index is 1120. The van der Waals surface area contributed by atoms with Crippen molar-refractivity contribution in [2.45, 2.75) is 44.3 Å². The normalized spacial score (nSPS) is 26.8. The number of piperazine rings is 1. The van der Waals surface area contributed by atoms with Gasteiger partial charge >= 0.3 is 6.18 Å². The lowest BCUT2D eigenvalue weighted by molar-refractivity contribution is -0.147. The summed E-state index contributed by atoms with van der Waals surface area (Å²) in [4.78, 5) is 37.4. The predicted octanol–water partition coefficient (Wildman–Crippen LogP) is 1.96. The Balaban J connectivity index is 1.21. The van der Waals surface area contributed by atoms with E-state index in [1.165, 1.54) is 0 Å². The third-order valence-corrected chi connectivity index (χ3v) is 7.01. The molecule has 3 saturated carbocycles. The number of alkyl halides is 3. The van der Waals surface area contributed by atoms with Gasteiger partial charge in [0.05, 0.1) is 5.41 Å². The summed E-state index contributed by atoms with van der Waals surface area (Å²) in [5, 5.41) is 8.70. The summed E-state index contributed by atoms with van der Waals surface area (Å²) in [7, 11) is 0. The molecule has 2 aromatic rings. The van der Waals surface area contributed by atoms with Gasteiger partial charge in [-0.3, -0.25) is 9.59 Å². The Labute approximate surface area is 187 Å². The SMILES string of the molecule is Cc1cnc(N2CCN(C(=O)[C@]34CC[C@](Nc5cc(C(F)(F)F)c(=O)[nH]n5)(C3)C4)CC2)nc1. The average Bonchev–Trinajstić information content (AvgIpc) is 3.31. The van der Waals surface area contributed by atoms with Gasteiger partial charge in [-0.1, -0.05) is 0 Å². The molecule has 0 atom stereocenters. The zero-order chi connectivity index (χ0) is 23.4. The summed E-state index contributed by atoms with van der Waals surface area (Å²) < 4.78 is 39.1. The van der Waals surface area contributed by atoms with E-state index in [9.17, 15) is 22.8 Å². The van der Waals surface area contributed by atoms with Crippen LogP contribution in [0.2, 0.25) is 0 Å². The van der Waals surface area contributed by atoms with Crippen LogP contribution in [-0.4, -0.2) is 62.7 Å². The lowest BCUT2D eigenvalue weighted by Gasteiger charge is -2.49. The van der Waals surface area contributed by atoms with E-state index in [2.05, 4.69) is 25.3 Å². The van der Waals surface area contributed by atoms with Crippen LogP contribution in [-0.2, 0) is 11.0 Å². The second-order valence-corrected chi connectivity index (χ2v) is 9.37. The van der Waals surface area contributed by atoms with Gasteiger partial charge in [0.1, 0.15) is 11.4 Å². The summed E-state index contributed by atoms with van der Waals surface area (Å²) in [6.45, 7) is 4.38. The molecule has 0 aromatic carbocycles. The number of hydrogen-bond donors (Lipinski definition) is 2. The van der Waals surface area contributed by atoms with Crippen LogP contribution in [0, 0.1) is 12.3 Å². The number of fused-ring (bicyclic) bond motifs is 1. The molecule has 1 aliphatic heterocycles. The summed E-state index contributed by atoms with van der Waals surface area (Å²) >= 11 is 0. The molecule has 33 heavy (non-hydrogen) atoms. The van der Waals surface area contributed by atoms with E-state index in [-0.39, 0.29) is 11.7 Å². The molecule has 176 valence electrons. The van der Waals surface area contributed by atoms with Crippen molar-refractivity contribution in [2.75, 3.05) is 36.4 Å².